The number of aryl methyl sites for hydroxylation is 1. The first kappa shape index (κ1) is 15.7. The maximum Gasteiger partial charge on any atom is 0.123 e. The van der Waals surface area contributed by atoms with E-state index in [1.54, 1.807) is 12.1 Å². The average Bonchev–Trinajstić information content (AvgIpc) is 2.92. The number of rotatable bonds is 8. The van der Waals surface area contributed by atoms with Gasteiger partial charge in [-0.25, -0.2) is 4.39 Å². The number of aromatic nitrogens is 2. The quantitative estimate of drug-likeness (QED) is 0.809. The lowest BCUT2D eigenvalue weighted by Crippen LogP contribution is -2.25. The monoisotopic (exact) mass is 289 g/mol. The lowest BCUT2D eigenvalue weighted by molar-refractivity contribution is 0.476. The molecule has 1 atom stereocenters. The van der Waals surface area contributed by atoms with Gasteiger partial charge in [-0.1, -0.05) is 19.1 Å². The van der Waals surface area contributed by atoms with Crippen molar-refractivity contribution in [2.75, 3.05) is 13.1 Å². The maximum absolute atomic E-state index is 13.3. The van der Waals surface area contributed by atoms with Crippen LogP contribution in [0.5, 0.6) is 0 Å². The van der Waals surface area contributed by atoms with E-state index >= 15 is 0 Å². The Bertz CT molecular complexity index is 550. The second-order valence-corrected chi connectivity index (χ2v) is 5.42. The molecule has 3 nitrogen and oxygen atoms in total. The van der Waals surface area contributed by atoms with Crippen molar-refractivity contribution in [1.29, 1.82) is 0 Å². The lowest BCUT2D eigenvalue weighted by atomic mass is 9.93. The van der Waals surface area contributed by atoms with Crippen LogP contribution < -0.4 is 5.32 Å². The number of hydrogen-bond acceptors (Lipinski definition) is 2. The third-order valence-electron chi connectivity index (χ3n) is 3.63. The third kappa shape index (κ3) is 4.97. The number of halogens is 1. The normalized spacial score (nSPS) is 12.5. The molecular formula is C17H24FN3. The van der Waals surface area contributed by atoms with Crippen molar-refractivity contribution >= 4 is 0 Å². The molecule has 0 spiro atoms. The van der Waals surface area contributed by atoms with Gasteiger partial charge in [0.25, 0.3) is 0 Å². The van der Waals surface area contributed by atoms with E-state index in [1.165, 1.54) is 11.6 Å². The molecule has 0 radical (unpaired) electrons. The van der Waals surface area contributed by atoms with Crippen LogP contribution in [0.15, 0.2) is 36.7 Å². The van der Waals surface area contributed by atoms with E-state index in [4.69, 9.17) is 0 Å². The maximum atomic E-state index is 13.3. The van der Waals surface area contributed by atoms with E-state index in [0.29, 0.717) is 5.92 Å². The van der Waals surface area contributed by atoms with Gasteiger partial charge in [0, 0.05) is 12.7 Å². The van der Waals surface area contributed by atoms with Gasteiger partial charge >= 0.3 is 0 Å². The van der Waals surface area contributed by atoms with Crippen LogP contribution in [0.4, 0.5) is 4.39 Å². The fourth-order valence-electron chi connectivity index (χ4n) is 2.58. The molecule has 0 bridgehead atoms. The highest BCUT2D eigenvalue weighted by molar-refractivity contribution is 5.17. The number of nitrogens with one attached hydrogen (secondary N) is 1. The zero-order valence-corrected chi connectivity index (χ0v) is 12.8. The summed E-state index contributed by atoms with van der Waals surface area (Å²) in [7, 11) is 0. The molecule has 114 valence electrons. The molecule has 2 rings (SSSR count). The summed E-state index contributed by atoms with van der Waals surface area (Å²) in [6, 6.07) is 6.91. The van der Waals surface area contributed by atoms with Crippen molar-refractivity contribution in [3.63, 3.8) is 0 Å². The molecule has 1 N–H and O–H groups in total. The molecule has 0 saturated heterocycles. The Balaban J connectivity index is 2.03. The zero-order chi connectivity index (χ0) is 15.1. The van der Waals surface area contributed by atoms with E-state index in [-0.39, 0.29) is 5.82 Å². The van der Waals surface area contributed by atoms with Crippen LogP contribution in [-0.4, -0.2) is 22.9 Å². The second kappa shape index (κ2) is 7.93. The number of hydrogen-bond donors (Lipinski definition) is 1. The smallest absolute Gasteiger partial charge is 0.123 e. The molecule has 2 aromatic rings. The summed E-state index contributed by atoms with van der Waals surface area (Å²) in [4.78, 5) is 0. The minimum absolute atomic E-state index is 0.159. The summed E-state index contributed by atoms with van der Waals surface area (Å²) in [5.41, 5.74) is 2.30. The summed E-state index contributed by atoms with van der Waals surface area (Å²) in [5, 5.41) is 7.73. The Kier molecular flexibility index (Phi) is 5.93. The summed E-state index contributed by atoms with van der Waals surface area (Å²) >= 11 is 0. The Morgan fingerprint density at radius 2 is 2.05 bits per heavy atom. The zero-order valence-electron chi connectivity index (χ0n) is 12.8. The van der Waals surface area contributed by atoms with Gasteiger partial charge in [0.05, 0.1) is 6.20 Å². The predicted octanol–water partition coefficient (Wildman–Crippen LogP) is 3.05. The largest absolute Gasteiger partial charge is 0.317 e. The fourth-order valence-corrected chi connectivity index (χ4v) is 2.58. The topological polar surface area (TPSA) is 29.9 Å². The van der Waals surface area contributed by atoms with E-state index in [1.807, 2.05) is 16.9 Å². The van der Waals surface area contributed by atoms with Crippen LogP contribution >= 0.6 is 0 Å². The molecule has 0 aliphatic heterocycles. The van der Waals surface area contributed by atoms with E-state index < -0.39 is 0 Å². The van der Waals surface area contributed by atoms with Gasteiger partial charge in [-0.3, -0.25) is 4.68 Å². The van der Waals surface area contributed by atoms with Crippen LogP contribution in [0.2, 0.25) is 0 Å². The van der Waals surface area contributed by atoms with Gasteiger partial charge in [0.15, 0.2) is 0 Å². The molecule has 4 heteroatoms. The lowest BCUT2D eigenvalue weighted by Gasteiger charge is -2.16. The van der Waals surface area contributed by atoms with E-state index in [2.05, 4.69) is 30.5 Å². The van der Waals surface area contributed by atoms with Crippen molar-refractivity contribution in [2.45, 2.75) is 33.2 Å². The number of nitrogens with zero attached hydrogens (tertiary/aromatic N) is 2. The molecule has 0 amide bonds. The van der Waals surface area contributed by atoms with Crippen LogP contribution in [-0.2, 0) is 19.4 Å². The predicted molar refractivity (Wildman–Crippen MR) is 83.7 cm³/mol. The summed E-state index contributed by atoms with van der Waals surface area (Å²) < 4.78 is 15.3. The molecule has 0 aliphatic rings. The van der Waals surface area contributed by atoms with Crippen molar-refractivity contribution in [3.8, 4) is 0 Å². The van der Waals surface area contributed by atoms with E-state index in [9.17, 15) is 4.39 Å². The molecule has 0 saturated carbocycles. The highest BCUT2D eigenvalue weighted by Gasteiger charge is 2.12. The summed E-state index contributed by atoms with van der Waals surface area (Å²) in [6.45, 7) is 6.97. The molecule has 0 aliphatic carbocycles. The van der Waals surface area contributed by atoms with Gasteiger partial charge in [-0.2, -0.15) is 5.10 Å². The minimum Gasteiger partial charge on any atom is -0.317 e. The SMILES string of the molecule is CCNCC(Cc1cccc(F)c1)Cc1cnn(CC)c1. The highest BCUT2D eigenvalue weighted by Crippen LogP contribution is 2.15. The first-order valence-corrected chi connectivity index (χ1v) is 7.67. The molecule has 0 fully saturated rings. The molecular weight excluding hydrogens is 265 g/mol. The van der Waals surface area contributed by atoms with Crippen molar-refractivity contribution < 1.29 is 4.39 Å². The van der Waals surface area contributed by atoms with Crippen LogP contribution in [0.1, 0.15) is 25.0 Å². The fraction of sp³-hybridized carbons (Fsp3) is 0.471. The summed E-state index contributed by atoms with van der Waals surface area (Å²) in [6.07, 6.45) is 5.88. The molecule has 21 heavy (non-hydrogen) atoms. The second-order valence-electron chi connectivity index (χ2n) is 5.42. The van der Waals surface area contributed by atoms with Crippen LogP contribution in [0.3, 0.4) is 0 Å². The van der Waals surface area contributed by atoms with Gasteiger partial charge < -0.3 is 5.32 Å². The molecule has 1 aromatic heterocycles. The van der Waals surface area contributed by atoms with Gasteiger partial charge in [-0.05, 0) is 62.0 Å². The highest BCUT2D eigenvalue weighted by atomic mass is 19.1. The Hall–Kier alpha value is -1.68. The van der Waals surface area contributed by atoms with Gasteiger partial charge in [0.2, 0.25) is 0 Å². The average molecular weight is 289 g/mol. The van der Waals surface area contributed by atoms with Gasteiger partial charge in [0.1, 0.15) is 5.82 Å². The third-order valence-corrected chi connectivity index (χ3v) is 3.63. The number of benzene rings is 1. The minimum atomic E-state index is -0.159. The first-order chi connectivity index (χ1) is 10.2. The van der Waals surface area contributed by atoms with Crippen molar-refractivity contribution in [3.05, 3.63) is 53.6 Å². The molecule has 1 heterocycles. The van der Waals surface area contributed by atoms with Crippen molar-refractivity contribution in [2.24, 2.45) is 5.92 Å². The van der Waals surface area contributed by atoms with Crippen LogP contribution in [0, 0.1) is 11.7 Å². The molecule has 1 aromatic carbocycles. The van der Waals surface area contributed by atoms with Crippen LogP contribution in [0.25, 0.3) is 0 Å². The van der Waals surface area contributed by atoms with Crippen molar-refractivity contribution in [1.82, 2.24) is 15.1 Å². The first-order valence-electron chi connectivity index (χ1n) is 7.67. The van der Waals surface area contributed by atoms with Gasteiger partial charge in [-0.15, -0.1) is 0 Å². The standard InChI is InChI=1S/C17H24FN3/c1-3-19-11-15(8-14-6-5-7-17(18)10-14)9-16-12-20-21(4-2)13-16/h5-7,10,12-13,15,19H,3-4,8-9,11H2,1-2H3. The Morgan fingerprint density at radius 1 is 1.24 bits per heavy atom. The Labute approximate surface area is 126 Å². The van der Waals surface area contributed by atoms with E-state index in [0.717, 1.165) is 38.0 Å². The Morgan fingerprint density at radius 3 is 2.71 bits per heavy atom. The molecule has 1 unspecified atom stereocenters. The summed E-state index contributed by atoms with van der Waals surface area (Å²) in [5.74, 6) is 0.287.